The van der Waals surface area contributed by atoms with Gasteiger partial charge < -0.3 is 10.1 Å². The van der Waals surface area contributed by atoms with Gasteiger partial charge in [-0.15, -0.1) is 0 Å². The Morgan fingerprint density at radius 1 is 0.867 bits per heavy atom. The van der Waals surface area contributed by atoms with E-state index >= 15 is 0 Å². The van der Waals surface area contributed by atoms with Crippen molar-refractivity contribution in [2.45, 2.75) is 6.92 Å². The predicted octanol–water partition coefficient (Wildman–Crippen LogP) is 5.14. The Kier molecular flexibility index (Phi) is 5.55. The van der Waals surface area contributed by atoms with Crippen molar-refractivity contribution >= 4 is 40.4 Å². The van der Waals surface area contributed by atoms with Crippen LogP contribution in [0.4, 0.5) is 11.4 Å². The molecule has 0 radical (unpaired) electrons. The molecule has 6 heteroatoms. The number of nitrogens with one attached hydrogen (secondary N) is 1. The minimum Gasteiger partial charge on any atom is -0.492 e. The van der Waals surface area contributed by atoms with Crippen LogP contribution in [0.5, 0.6) is 5.75 Å². The van der Waals surface area contributed by atoms with Gasteiger partial charge in [-0.25, -0.2) is 4.90 Å². The second kappa shape index (κ2) is 8.43. The second-order valence-electron chi connectivity index (χ2n) is 6.59. The zero-order valence-electron chi connectivity index (χ0n) is 16.3. The van der Waals surface area contributed by atoms with E-state index in [0.717, 1.165) is 0 Å². The van der Waals surface area contributed by atoms with E-state index in [2.05, 4.69) is 5.32 Å². The summed E-state index contributed by atoms with van der Waals surface area (Å²) in [6.45, 7) is 2.36. The lowest BCUT2D eigenvalue weighted by Crippen LogP contribution is -2.32. The molecule has 0 saturated carbocycles. The molecule has 1 heterocycles. The van der Waals surface area contributed by atoms with Crippen LogP contribution in [0, 0.1) is 0 Å². The van der Waals surface area contributed by atoms with Crippen LogP contribution in [0.15, 0.2) is 84.6 Å². The molecular formula is C24H19ClN2O3. The maximum atomic E-state index is 13.4. The van der Waals surface area contributed by atoms with Crippen LogP contribution in [-0.2, 0) is 9.59 Å². The zero-order chi connectivity index (χ0) is 21.1. The third-order valence-electron chi connectivity index (χ3n) is 4.68. The normalized spacial score (nSPS) is 13.7. The van der Waals surface area contributed by atoms with Gasteiger partial charge in [0, 0.05) is 5.02 Å². The number of para-hydroxylation sites is 3. The molecule has 5 nitrogen and oxygen atoms in total. The quantitative estimate of drug-likeness (QED) is 0.563. The van der Waals surface area contributed by atoms with Gasteiger partial charge >= 0.3 is 0 Å². The molecule has 0 spiro atoms. The maximum absolute atomic E-state index is 13.4. The number of anilines is 2. The van der Waals surface area contributed by atoms with E-state index in [1.165, 1.54) is 4.90 Å². The number of hydrogen-bond donors (Lipinski definition) is 1. The smallest absolute Gasteiger partial charge is 0.282 e. The zero-order valence-corrected chi connectivity index (χ0v) is 17.0. The highest BCUT2D eigenvalue weighted by atomic mass is 35.5. The molecule has 1 aliphatic heterocycles. The number of carbonyl (C=O) groups is 2. The highest BCUT2D eigenvalue weighted by Crippen LogP contribution is 2.35. The number of nitrogens with zero attached hydrogens (tertiary/aromatic N) is 1. The molecule has 1 aliphatic rings. The van der Waals surface area contributed by atoms with Crippen LogP contribution >= 0.6 is 11.6 Å². The standard InChI is InChI=1S/C24H19ClN2O3/c1-2-30-20-11-7-6-10-19(20)26-22-21(16-12-14-17(25)15-13-16)23(28)27(24(22)29)18-8-4-3-5-9-18/h3-15,26H,2H2,1H3. The molecule has 30 heavy (non-hydrogen) atoms. The lowest BCUT2D eigenvalue weighted by atomic mass is 10.0. The van der Waals surface area contributed by atoms with E-state index in [1.807, 2.05) is 31.2 Å². The van der Waals surface area contributed by atoms with Gasteiger partial charge in [0.1, 0.15) is 11.4 Å². The Hall–Kier alpha value is -3.57. The molecular weight excluding hydrogens is 400 g/mol. The molecule has 1 N–H and O–H groups in total. The number of halogens is 1. The maximum Gasteiger partial charge on any atom is 0.282 e. The summed E-state index contributed by atoms with van der Waals surface area (Å²) in [7, 11) is 0. The van der Waals surface area contributed by atoms with Crippen molar-refractivity contribution in [1.82, 2.24) is 0 Å². The predicted molar refractivity (Wildman–Crippen MR) is 119 cm³/mol. The van der Waals surface area contributed by atoms with Gasteiger partial charge in [0.25, 0.3) is 11.8 Å². The fourth-order valence-electron chi connectivity index (χ4n) is 3.33. The third-order valence-corrected chi connectivity index (χ3v) is 4.93. The number of amides is 2. The molecule has 150 valence electrons. The van der Waals surface area contributed by atoms with Crippen molar-refractivity contribution in [2.24, 2.45) is 0 Å². The summed E-state index contributed by atoms with van der Waals surface area (Å²) in [5.74, 6) is -0.228. The van der Waals surface area contributed by atoms with Gasteiger partial charge in [0.2, 0.25) is 0 Å². The Balaban J connectivity index is 1.82. The van der Waals surface area contributed by atoms with E-state index in [4.69, 9.17) is 16.3 Å². The second-order valence-corrected chi connectivity index (χ2v) is 7.03. The molecule has 4 rings (SSSR count). The van der Waals surface area contributed by atoms with Crippen LogP contribution in [0.1, 0.15) is 12.5 Å². The van der Waals surface area contributed by atoms with E-state index in [1.54, 1.807) is 54.6 Å². The summed E-state index contributed by atoms with van der Waals surface area (Å²) >= 11 is 6.02. The van der Waals surface area contributed by atoms with Gasteiger partial charge in [-0.1, -0.05) is 54.1 Å². The topological polar surface area (TPSA) is 58.6 Å². The molecule has 0 fully saturated rings. The molecule has 0 saturated heterocycles. The Bertz CT molecular complexity index is 1120. The van der Waals surface area contributed by atoms with E-state index in [-0.39, 0.29) is 11.3 Å². The SMILES string of the molecule is CCOc1ccccc1NC1=C(c2ccc(Cl)cc2)C(=O)N(c2ccccc2)C1=O. The molecule has 0 aromatic heterocycles. The summed E-state index contributed by atoms with van der Waals surface area (Å²) in [4.78, 5) is 27.9. The number of benzene rings is 3. The highest BCUT2D eigenvalue weighted by molar-refractivity contribution is 6.46. The average Bonchev–Trinajstić information content (AvgIpc) is 3.00. The summed E-state index contributed by atoms with van der Waals surface area (Å²) in [6.07, 6.45) is 0. The van der Waals surface area contributed by atoms with E-state index < -0.39 is 11.8 Å². The highest BCUT2D eigenvalue weighted by Gasteiger charge is 2.40. The van der Waals surface area contributed by atoms with E-state index in [0.29, 0.717) is 34.3 Å². The number of carbonyl (C=O) groups excluding carboxylic acids is 2. The van der Waals surface area contributed by atoms with Crippen LogP contribution < -0.4 is 15.0 Å². The lowest BCUT2D eigenvalue weighted by molar-refractivity contribution is -0.120. The van der Waals surface area contributed by atoms with Crippen molar-refractivity contribution in [3.63, 3.8) is 0 Å². The van der Waals surface area contributed by atoms with Crippen molar-refractivity contribution in [1.29, 1.82) is 0 Å². The number of imide groups is 1. The molecule has 0 unspecified atom stereocenters. The largest absolute Gasteiger partial charge is 0.492 e. The number of ether oxygens (including phenoxy) is 1. The van der Waals surface area contributed by atoms with Crippen LogP contribution in [0.3, 0.4) is 0 Å². The van der Waals surface area contributed by atoms with Gasteiger partial charge in [-0.2, -0.15) is 0 Å². The minimum absolute atomic E-state index is 0.193. The van der Waals surface area contributed by atoms with Crippen LogP contribution in [0.2, 0.25) is 5.02 Å². The number of rotatable bonds is 6. The Morgan fingerprint density at radius 3 is 2.23 bits per heavy atom. The Labute approximate surface area is 179 Å². The first-order valence-corrected chi connectivity index (χ1v) is 9.91. The monoisotopic (exact) mass is 418 g/mol. The minimum atomic E-state index is -0.428. The van der Waals surface area contributed by atoms with Crippen LogP contribution in [0.25, 0.3) is 5.57 Å². The fraction of sp³-hybridized carbons (Fsp3) is 0.0833. The van der Waals surface area contributed by atoms with Gasteiger partial charge in [-0.05, 0) is 48.9 Å². The molecule has 0 aliphatic carbocycles. The third kappa shape index (κ3) is 3.67. The molecule has 3 aromatic carbocycles. The van der Waals surface area contributed by atoms with Crippen molar-refractivity contribution in [3.8, 4) is 5.75 Å². The van der Waals surface area contributed by atoms with Gasteiger partial charge in [0.15, 0.2) is 0 Å². The number of hydrogen-bond acceptors (Lipinski definition) is 4. The lowest BCUT2D eigenvalue weighted by Gasteiger charge is -2.16. The fourth-order valence-corrected chi connectivity index (χ4v) is 3.45. The Morgan fingerprint density at radius 2 is 1.53 bits per heavy atom. The summed E-state index contributed by atoms with van der Waals surface area (Å²) in [6, 6.07) is 23.0. The summed E-state index contributed by atoms with van der Waals surface area (Å²) in [5.41, 5.74) is 2.20. The van der Waals surface area contributed by atoms with Crippen molar-refractivity contribution in [3.05, 3.63) is 95.1 Å². The average molecular weight is 419 g/mol. The van der Waals surface area contributed by atoms with Gasteiger partial charge in [-0.3, -0.25) is 9.59 Å². The molecule has 2 amide bonds. The first-order chi connectivity index (χ1) is 14.6. The summed E-state index contributed by atoms with van der Waals surface area (Å²) in [5, 5.41) is 3.70. The first kappa shape index (κ1) is 19.7. The van der Waals surface area contributed by atoms with Gasteiger partial charge in [0.05, 0.1) is 23.6 Å². The summed E-state index contributed by atoms with van der Waals surface area (Å²) < 4.78 is 5.67. The molecule has 0 atom stereocenters. The molecule has 3 aromatic rings. The molecule has 0 bridgehead atoms. The first-order valence-electron chi connectivity index (χ1n) is 9.53. The van der Waals surface area contributed by atoms with Crippen molar-refractivity contribution < 1.29 is 14.3 Å². The van der Waals surface area contributed by atoms with Crippen molar-refractivity contribution in [2.75, 3.05) is 16.8 Å². The van der Waals surface area contributed by atoms with Crippen LogP contribution in [-0.4, -0.2) is 18.4 Å². The van der Waals surface area contributed by atoms with E-state index in [9.17, 15) is 9.59 Å².